The molecule has 8 heteroatoms. The Morgan fingerprint density at radius 3 is 2.48 bits per heavy atom. The zero-order chi connectivity index (χ0) is 59.3. The second-order valence-electron chi connectivity index (χ2n) is 35.8. The first-order valence-electron chi connectivity index (χ1n) is 38.1. The maximum Gasteiger partial charge on any atom is 0.339 e. The van der Waals surface area contributed by atoms with Crippen LogP contribution in [0.5, 0.6) is 0 Å². The number of hydrogen-bond acceptors (Lipinski definition) is 8. The lowest BCUT2D eigenvalue weighted by molar-refractivity contribution is -0.283. The SMILES string of the molecule is C[C@@H]1C/C=C/C2=C\[C@@H]3C[C@H]4[C@@H]5C6=C3[C@]37C(=O)O/C(=C(/O)C[C@@H]([C@H]8CC9(CCCC9)[C@@]9(CCCC9%10CCCC%10)C8)N8C[C@H]9C[C@@H](C8)[C@@H]8CCC(=C5N8C9)C[C@@H]4C)[C@@]3(CC6)[C@]3(OC(=O)c4c(CCCN)cccc43)[C@H]7C[C@H]2[C@@H]2CCC[C@@]3(CC[C@H]4[C@H](C=C[C@H]43)C1)C2. The van der Waals surface area contributed by atoms with Crippen LogP contribution >= 0.6 is 0 Å². The molecule has 17 bridgehead atoms. The van der Waals surface area contributed by atoms with Gasteiger partial charge in [0.05, 0.1) is 11.0 Å². The Hall–Kier alpha value is -3.88. The Bertz CT molecular complexity index is 3420. The summed E-state index contributed by atoms with van der Waals surface area (Å²) in [6.45, 7) is 9.05. The number of piperidine rings is 2. The van der Waals surface area contributed by atoms with Gasteiger partial charge in [0.15, 0.2) is 11.4 Å². The first kappa shape index (κ1) is 55.6. The number of hydrogen-bond donors (Lipinski definition) is 2. The minimum atomic E-state index is -1.20. The Morgan fingerprint density at radius 1 is 0.764 bits per heavy atom. The van der Waals surface area contributed by atoms with Gasteiger partial charge in [0.1, 0.15) is 11.2 Å². The van der Waals surface area contributed by atoms with Crippen LogP contribution in [0.3, 0.4) is 0 Å². The molecule has 22 atom stereocenters. The number of aryl methyl sites for hydroxylation is 1. The quantitative estimate of drug-likeness (QED) is 0.227. The molecule has 22 aliphatic rings. The van der Waals surface area contributed by atoms with Crippen LogP contribution in [0.2, 0.25) is 0 Å². The summed E-state index contributed by atoms with van der Waals surface area (Å²) in [5.41, 5.74) is 15.1. The molecule has 0 radical (unpaired) electrons. The van der Waals surface area contributed by atoms with E-state index in [1.807, 2.05) is 0 Å². The number of rotatable bonds is 4. The van der Waals surface area contributed by atoms with Gasteiger partial charge in [-0.05, 0) is 271 Å². The molecule has 13 aliphatic carbocycles. The fraction of sp³-hybridized carbons (Fsp3) is 0.753. The van der Waals surface area contributed by atoms with Crippen LogP contribution in [0.15, 0.2) is 88.1 Å². The summed E-state index contributed by atoms with van der Waals surface area (Å²) >= 11 is 0. The smallest absolute Gasteiger partial charge is 0.339 e. The fourth-order valence-corrected chi connectivity index (χ4v) is 30.7. The number of aliphatic hydroxyl groups is 1. The molecule has 8 nitrogen and oxygen atoms in total. The summed E-state index contributed by atoms with van der Waals surface area (Å²) in [5.74, 6) is 6.47. The van der Waals surface area contributed by atoms with E-state index in [0.29, 0.717) is 118 Å². The molecule has 1 aromatic rings. The number of carbonyl (C=O) groups excluding carboxylic acids is 2. The van der Waals surface area contributed by atoms with Crippen molar-refractivity contribution in [1.82, 2.24) is 9.80 Å². The van der Waals surface area contributed by atoms with E-state index in [4.69, 9.17) is 15.2 Å². The number of allylic oxidation sites excluding steroid dienone is 8. The van der Waals surface area contributed by atoms with Crippen molar-refractivity contribution in [2.24, 2.45) is 121 Å². The van der Waals surface area contributed by atoms with Gasteiger partial charge in [-0.3, -0.25) is 9.69 Å². The van der Waals surface area contributed by atoms with Crippen LogP contribution in [-0.4, -0.2) is 65.1 Å². The molecule has 10 fully saturated rings. The van der Waals surface area contributed by atoms with Crippen molar-refractivity contribution in [3.8, 4) is 0 Å². The molecule has 0 aromatic heterocycles. The number of carbonyl (C=O) groups is 2. The van der Waals surface area contributed by atoms with E-state index in [1.165, 1.54) is 165 Å². The highest BCUT2D eigenvalue weighted by Crippen LogP contribution is 2.89. The highest BCUT2D eigenvalue weighted by molar-refractivity contribution is 6.00. The number of esters is 2. The van der Waals surface area contributed by atoms with Crippen LogP contribution in [0.25, 0.3) is 0 Å². The van der Waals surface area contributed by atoms with E-state index >= 15 is 9.59 Å². The van der Waals surface area contributed by atoms with Gasteiger partial charge in [0, 0.05) is 67.2 Å². The molecule has 3 saturated heterocycles. The van der Waals surface area contributed by atoms with Crippen LogP contribution in [0.4, 0.5) is 0 Å². The second-order valence-corrected chi connectivity index (χ2v) is 35.8. The largest absolute Gasteiger partial charge is 0.509 e. The van der Waals surface area contributed by atoms with E-state index in [-0.39, 0.29) is 41.7 Å². The molecular weight excluding hydrogens is 1090 g/mol. The van der Waals surface area contributed by atoms with Crippen LogP contribution in [0, 0.1) is 115 Å². The minimum Gasteiger partial charge on any atom is -0.509 e. The first-order chi connectivity index (χ1) is 43.4. The van der Waals surface area contributed by atoms with Crippen molar-refractivity contribution in [2.45, 2.75) is 237 Å². The summed E-state index contributed by atoms with van der Waals surface area (Å²) in [4.78, 5) is 39.4. The van der Waals surface area contributed by atoms with Crippen LogP contribution in [-0.2, 0) is 26.3 Å². The monoisotopic (exact) mass is 1200 g/mol. The Morgan fingerprint density at radius 2 is 1.62 bits per heavy atom. The number of nitrogens with two attached hydrogens (primary N) is 1. The summed E-state index contributed by atoms with van der Waals surface area (Å²) in [6.07, 6.45) is 51.8. The van der Waals surface area contributed by atoms with E-state index in [2.05, 4.69) is 72.2 Å². The number of fused-ring (bicyclic) bond motifs is 8. The third-order valence-corrected chi connectivity index (χ3v) is 33.1. The van der Waals surface area contributed by atoms with Crippen LogP contribution in [0.1, 0.15) is 234 Å². The maximum absolute atomic E-state index is 17.4. The normalized spacial score (nSPS) is 51.0. The van der Waals surface area contributed by atoms with Gasteiger partial charge >= 0.3 is 11.9 Å². The fourth-order valence-electron chi connectivity index (χ4n) is 30.7. The van der Waals surface area contributed by atoms with E-state index < -0.39 is 16.4 Å². The van der Waals surface area contributed by atoms with Gasteiger partial charge in [-0.2, -0.15) is 0 Å². The standard InChI is InChI=1S/C81H105N3O5/c1-47-12-7-14-51-37-55-38-60-48(2)35-53-19-21-64-56-36-49-44-83(46-56)65(57-42-77(27-5-6-28-77)78(43-57)30-11-29-76(78)25-3-4-26-76)40-66(85)72-79-32-23-59(69(60)71(53)84(64)45-49)70(55)80(79,74(87)88-72)67(81(79)63-17-8-13-50(16-10-33-82)68(63)73(86)89-81)39-61(51)54-15-9-24-75(41-54)31-22-58-52(34-47)18-20-62(58)75/h7-8,13-14,17-18,20,37,47-49,52,54-58,60-62,64-65,67,69,85H,3-6,9-12,15-16,19,21-36,38-46,82H2,1-2H3/b14-7+,51-37+,72-66+/t47-,48+,49-,52-,54-,55-,56+,57+,58+,60-,61-,62-,64+,65+,67+,69+,75-,78+,79-,80-,81-/m1/s1. The average molecular weight is 1200 g/mol. The number of aliphatic hydroxyl groups excluding tert-OH is 1. The Balaban J connectivity index is 0.838. The molecule has 9 aliphatic heterocycles. The predicted molar refractivity (Wildman–Crippen MR) is 346 cm³/mol. The van der Waals surface area contributed by atoms with E-state index in [9.17, 15) is 5.11 Å². The van der Waals surface area contributed by atoms with Gasteiger partial charge in [-0.25, -0.2) is 4.79 Å². The number of nitrogens with zero attached hydrogens (tertiary/aromatic N) is 2. The van der Waals surface area contributed by atoms with Gasteiger partial charge in [-0.15, -0.1) is 0 Å². The van der Waals surface area contributed by atoms with Crippen molar-refractivity contribution in [3.05, 3.63) is 105 Å². The molecule has 1 unspecified atom stereocenters. The molecule has 7 saturated carbocycles. The second kappa shape index (κ2) is 19.2. The zero-order valence-corrected chi connectivity index (χ0v) is 54.4. The van der Waals surface area contributed by atoms with Crippen molar-refractivity contribution >= 4 is 11.9 Å². The van der Waals surface area contributed by atoms with Crippen molar-refractivity contribution < 1.29 is 24.2 Å². The average Bonchev–Trinajstić information content (AvgIpc) is 1.50. The zero-order valence-electron chi connectivity index (χ0n) is 54.4. The molecule has 9 heterocycles. The van der Waals surface area contributed by atoms with Crippen molar-refractivity contribution in [2.75, 3.05) is 26.2 Å². The molecule has 3 N–H and O–H groups in total. The minimum absolute atomic E-state index is 0.0437. The molecule has 7 spiro atoms. The van der Waals surface area contributed by atoms with Crippen molar-refractivity contribution in [1.29, 1.82) is 0 Å². The summed E-state index contributed by atoms with van der Waals surface area (Å²) in [6, 6.07) is 7.32. The van der Waals surface area contributed by atoms with E-state index in [1.54, 1.807) is 16.8 Å². The lowest BCUT2D eigenvalue weighted by Gasteiger charge is -2.73. The summed E-state index contributed by atoms with van der Waals surface area (Å²) < 4.78 is 15.4. The number of ether oxygens (including phenoxy) is 2. The molecule has 0 amide bonds. The summed E-state index contributed by atoms with van der Waals surface area (Å²) in [5, 5.41) is 14.5. The highest BCUT2D eigenvalue weighted by Gasteiger charge is 2.94. The Labute approximate surface area is 532 Å². The molecule has 23 rings (SSSR count). The topological polar surface area (TPSA) is 105 Å². The van der Waals surface area contributed by atoms with Crippen LogP contribution < -0.4 is 5.73 Å². The molecule has 89 heavy (non-hydrogen) atoms. The highest BCUT2D eigenvalue weighted by atomic mass is 16.6. The lowest BCUT2D eigenvalue weighted by atomic mass is 9.27. The van der Waals surface area contributed by atoms with Gasteiger partial charge < -0.3 is 25.2 Å². The van der Waals surface area contributed by atoms with E-state index in [0.717, 1.165) is 74.3 Å². The summed E-state index contributed by atoms with van der Waals surface area (Å²) in [7, 11) is 0. The Kier molecular flexibility index (Phi) is 12.0. The lowest BCUT2D eigenvalue weighted by Crippen LogP contribution is -2.78. The van der Waals surface area contributed by atoms with Gasteiger partial charge in [0.2, 0.25) is 0 Å². The molecule has 1 aromatic carbocycles. The molecule has 474 valence electrons. The maximum atomic E-state index is 17.4. The molecular formula is C81H105N3O5. The number of benzene rings is 1. The predicted octanol–water partition coefficient (Wildman–Crippen LogP) is 16.7. The third-order valence-electron chi connectivity index (χ3n) is 33.1. The first-order valence-corrected chi connectivity index (χ1v) is 38.1. The van der Waals surface area contributed by atoms with Crippen molar-refractivity contribution in [3.63, 3.8) is 0 Å². The van der Waals surface area contributed by atoms with Gasteiger partial charge in [0.25, 0.3) is 0 Å². The third kappa shape index (κ3) is 6.79. The van der Waals surface area contributed by atoms with Gasteiger partial charge in [-0.1, -0.05) is 112 Å².